The van der Waals surface area contributed by atoms with Crippen molar-refractivity contribution < 1.29 is 8.42 Å². The van der Waals surface area contributed by atoms with Crippen molar-refractivity contribution in [1.82, 2.24) is 19.0 Å². The van der Waals surface area contributed by atoms with Gasteiger partial charge in [0.05, 0.1) is 6.33 Å². The van der Waals surface area contributed by atoms with Crippen molar-refractivity contribution in [2.45, 2.75) is 26.2 Å². The van der Waals surface area contributed by atoms with Crippen LogP contribution in [-0.4, -0.2) is 42.3 Å². The van der Waals surface area contributed by atoms with Gasteiger partial charge in [0.2, 0.25) is 0 Å². The van der Waals surface area contributed by atoms with E-state index in [0.717, 1.165) is 18.5 Å². The predicted molar refractivity (Wildman–Crippen MR) is 69.2 cm³/mol. The number of nitrogens with one attached hydrogen (secondary N) is 2. The zero-order chi connectivity index (χ0) is 13.0. The van der Waals surface area contributed by atoms with Crippen molar-refractivity contribution in [1.29, 1.82) is 0 Å². The number of aromatic nitrogens is 2. The summed E-state index contributed by atoms with van der Waals surface area (Å²) in [4.78, 5) is 6.84. The van der Waals surface area contributed by atoms with E-state index >= 15 is 0 Å². The summed E-state index contributed by atoms with van der Waals surface area (Å²) >= 11 is 0. The van der Waals surface area contributed by atoms with Gasteiger partial charge in [-0.25, -0.2) is 9.71 Å². The summed E-state index contributed by atoms with van der Waals surface area (Å²) in [5, 5.41) is 0. The smallest absolute Gasteiger partial charge is 0.279 e. The van der Waals surface area contributed by atoms with E-state index in [1.165, 1.54) is 0 Å². The van der Waals surface area contributed by atoms with Crippen molar-refractivity contribution in [3.8, 4) is 0 Å². The van der Waals surface area contributed by atoms with E-state index in [4.69, 9.17) is 0 Å². The third kappa shape index (κ3) is 3.54. The molecular weight excluding hydrogens is 252 g/mol. The summed E-state index contributed by atoms with van der Waals surface area (Å²) < 4.78 is 28.3. The maximum atomic E-state index is 12.0. The van der Waals surface area contributed by atoms with Crippen LogP contribution in [0.25, 0.3) is 0 Å². The highest BCUT2D eigenvalue weighted by atomic mass is 32.2. The van der Waals surface area contributed by atoms with Gasteiger partial charge in [-0.2, -0.15) is 12.7 Å². The molecule has 1 unspecified atom stereocenters. The number of imidazole rings is 1. The lowest BCUT2D eigenvalue weighted by Crippen LogP contribution is -2.46. The van der Waals surface area contributed by atoms with Gasteiger partial charge in [0.1, 0.15) is 0 Å². The van der Waals surface area contributed by atoms with E-state index in [-0.39, 0.29) is 0 Å². The molecule has 0 aliphatic carbocycles. The molecule has 0 saturated carbocycles. The number of nitrogens with zero attached hydrogens (tertiary/aromatic N) is 2. The second-order valence-electron chi connectivity index (χ2n) is 4.83. The molecule has 2 rings (SSSR count). The van der Waals surface area contributed by atoms with E-state index in [1.54, 1.807) is 16.8 Å². The molecule has 18 heavy (non-hydrogen) atoms. The molecule has 0 amide bonds. The standard InChI is InChI=1S/C11H20N4O2S/c1-10-3-2-6-15(8-10)18(16,17)14-5-4-11-7-12-9-13-11/h7,9-10,14H,2-6,8H2,1H3,(H,12,13). The van der Waals surface area contributed by atoms with Crippen LogP contribution in [0.1, 0.15) is 25.5 Å². The predicted octanol–water partition coefficient (Wildman–Crippen LogP) is 0.518. The Kier molecular flexibility index (Phi) is 4.36. The first-order valence-electron chi connectivity index (χ1n) is 6.30. The number of aromatic amines is 1. The molecular formula is C11H20N4O2S. The number of hydrogen-bond donors (Lipinski definition) is 2. The Bertz CT molecular complexity index is 457. The van der Waals surface area contributed by atoms with Crippen molar-refractivity contribution >= 4 is 10.2 Å². The van der Waals surface area contributed by atoms with E-state index in [0.29, 0.717) is 32.0 Å². The normalized spacial score (nSPS) is 22.2. The Morgan fingerprint density at radius 3 is 3.11 bits per heavy atom. The van der Waals surface area contributed by atoms with Crippen LogP contribution in [0.2, 0.25) is 0 Å². The molecule has 2 N–H and O–H groups in total. The summed E-state index contributed by atoms with van der Waals surface area (Å²) in [5.74, 6) is 0.447. The highest BCUT2D eigenvalue weighted by Gasteiger charge is 2.26. The van der Waals surface area contributed by atoms with Gasteiger partial charge >= 0.3 is 0 Å². The molecule has 1 saturated heterocycles. The lowest BCUT2D eigenvalue weighted by Gasteiger charge is -2.29. The average molecular weight is 272 g/mol. The molecule has 1 aliphatic rings. The molecule has 1 fully saturated rings. The highest BCUT2D eigenvalue weighted by molar-refractivity contribution is 7.87. The van der Waals surface area contributed by atoms with Gasteiger partial charge in [0.25, 0.3) is 10.2 Å². The van der Waals surface area contributed by atoms with E-state index in [2.05, 4.69) is 21.6 Å². The monoisotopic (exact) mass is 272 g/mol. The lowest BCUT2D eigenvalue weighted by molar-refractivity contribution is 0.278. The molecule has 1 aromatic rings. The van der Waals surface area contributed by atoms with E-state index in [9.17, 15) is 8.42 Å². The van der Waals surface area contributed by atoms with Crippen molar-refractivity contribution in [2.24, 2.45) is 5.92 Å². The highest BCUT2D eigenvalue weighted by Crippen LogP contribution is 2.17. The van der Waals surface area contributed by atoms with Crippen LogP contribution < -0.4 is 4.72 Å². The molecule has 0 spiro atoms. The molecule has 6 nitrogen and oxygen atoms in total. The van der Waals surface area contributed by atoms with Gasteiger partial charge < -0.3 is 4.98 Å². The van der Waals surface area contributed by atoms with E-state index in [1.807, 2.05) is 0 Å². The summed E-state index contributed by atoms with van der Waals surface area (Å²) in [5.41, 5.74) is 0.935. The Balaban J connectivity index is 1.83. The van der Waals surface area contributed by atoms with Gasteiger partial charge in [0.15, 0.2) is 0 Å². The molecule has 2 heterocycles. The minimum atomic E-state index is -3.32. The van der Waals surface area contributed by atoms with Crippen LogP contribution >= 0.6 is 0 Å². The van der Waals surface area contributed by atoms with Crippen LogP contribution in [0.5, 0.6) is 0 Å². The van der Waals surface area contributed by atoms with Crippen molar-refractivity contribution in [3.05, 3.63) is 18.2 Å². The molecule has 0 radical (unpaired) electrons. The molecule has 102 valence electrons. The topological polar surface area (TPSA) is 78.1 Å². The van der Waals surface area contributed by atoms with Crippen LogP contribution in [0, 0.1) is 5.92 Å². The largest absolute Gasteiger partial charge is 0.348 e. The SMILES string of the molecule is CC1CCCN(S(=O)(=O)NCCc2cnc[nH]2)C1. The van der Waals surface area contributed by atoms with Gasteiger partial charge in [-0.3, -0.25) is 0 Å². The van der Waals surface area contributed by atoms with Crippen LogP contribution in [0.15, 0.2) is 12.5 Å². The van der Waals surface area contributed by atoms with Crippen molar-refractivity contribution in [2.75, 3.05) is 19.6 Å². The maximum Gasteiger partial charge on any atom is 0.279 e. The van der Waals surface area contributed by atoms with Crippen LogP contribution in [0.4, 0.5) is 0 Å². The first-order valence-corrected chi connectivity index (χ1v) is 7.74. The maximum absolute atomic E-state index is 12.0. The Morgan fingerprint density at radius 2 is 2.44 bits per heavy atom. The first kappa shape index (κ1) is 13.5. The Labute approximate surface area is 108 Å². The van der Waals surface area contributed by atoms with E-state index < -0.39 is 10.2 Å². The molecule has 1 atom stereocenters. The zero-order valence-corrected chi connectivity index (χ0v) is 11.4. The summed E-state index contributed by atoms with van der Waals surface area (Å²) in [6, 6.07) is 0. The molecule has 1 aromatic heterocycles. The lowest BCUT2D eigenvalue weighted by atomic mass is 10.0. The molecule has 1 aliphatic heterocycles. The minimum Gasteiger partial charge on any atom is -0.348 e. The molecule has 0 bridgehead atoms. The number of hydrogen-bond acceptors (Lipinski definition) is 3. The number of piperidine rings is 1. The minimum absolute atomic E-state index is 0.398. The third-order valence-electron chi connectivity index (χ3n) is 3.19. The Hall–Kier alpha value is -0.920. The zero-order valence-electron chi connectivity index (χ0n) is 10.6. The van der Waals surface area contributed by atoms with Crippen molar-refractivity contribution in [3.63, 3.8) is 0 Å². The first-order chi connectivity index (χ1) is 8.58. The number of H-pyrrole nitrogens is 1. The van der Waals surface area contributed by atoms with Gasteiger partial charge in [0, 0.05) is 37.9 Å². The fraction of sp³-hybridized carbons (Fsp3) is 0.727. The summed E-state index contributed by atoms with van der Waals surface area (Å²) in [7, 11) is -3.32. The molecule has 0 aromatic carbocycles. The third-order valence-corrected chi connectivity index (χ3v) is 4.77. The Morgan fingerprint density at radius 1 is 1.61 bits per heavy atom. The second kappa shape index (κ2) is 5.81. The van der Waals surface area contributed by atoms with Gasteiger partial charge in [-0.1, -0.05) is 6.92 Å². The fourth-order valence-corrected chi connectivity index (χ4v) is 3.55. The molecule has 7 heteroatoms. The van der Waals surface area contributed by atoms with Crippen LogP contribution in [-0.2, 0) is 16.6 Å². The number of rotatable bonds is 5. The summed E-state index contributed by atoms with van der Waals surface area (Å²) in [6.45, 7) is 3.74. The summed E-state index contributed by atoms with van der Waals surface area (Å²) in [6.07, 6.45) is 5.98. The van der Waals surface area contributed by atoms with Gasteiger partial charge in [-0.05, 0) is 18.8 Å². The quantitative estimate of drug-likeness (QED) is 0.820. The average Bonchev–Trinajstić information content (AvgIpc) is 2.82. The second-order valence-corrected chi connectivity index (χ2v) is 6.59. The van der Waals surface area contributed by atoms with Gasteiger partial charge in [-0.15, -0.1) is 0 Å². The fourth-order valence-electron chi connectivity index (χ4n) is 2.19. The van der Waals surface area contributed by atoms with Crippen LogP contribution in [0.3, 0.4) is 0 Å².